The summed E-state index contributed by atoms with van der Waals surface area (Å²) in [5, 5.41) is 3.84. The first-order chi connectivity index (χ1) is 10.9. The molecule has 1 aliphatic rings. The first kappa shape index (κ1) is 13.3. The van der Waals surface area contributed by atoms with Gasteiger partial charge >= 0.3 is 0 Å². The Morgan fingerprint density at radius 1 is 0.636 bits per heavy atom. The van der Waals surface area contributed by atoms with Crippen LogP contribution in [0.5, 0.6) is 0 Å². The summed E-state index contributed by atoms with van der Waals surface area (Å²) in [6.07, 6.45) is 1.05. The molecular formula is C21H19N. The Morgan fingerprint density at radius 3 is 1.95 bits per heavy atom. The van der Waals surface area contributed by atoms with Crippen LogP contribution in [0, 0.1) is 0 Å². The lowest BCUT2D eigenvalue weighted by Crippen LogP contribution is -2.34. The number of fused-ring (bicyclic) bond motifs is 1. The normalized spacial score (nSPS) is 20.4. The molecule has 108 valence electrons. The zero-order valence-electron chi connectivity index (χ0n) is 12.4. The third-order valence-corrected chi connectivity index (χ3v) is 4.49. The summed E-state index contributed by atoms with van der Waals surface area (Å²) < 4.78 is 0. The Morgan fingerprint density at radius 2 is 1.23 bits per heavy atom. The standard InChI is InChI=1S/C21H19N/c1-3-9-16(10-4-1)20-15-18-13-7-8-14-19(18)21(22-20)17-11-5-2-6-12-17/h1-14,20-22H,15H2/t20-,21-/m0/s1. The van der Waals surface area contributed by atoms with Gasteiger partial charge in [-0.1, -0.05) is 84.9 Å². The van der Waals surface area contributed by atoms with E-state index in [-0.39, 0.29) is 6.04 Å². The number of hydrogen-bond donors (Lipinski definition) is 1. The SMILES string of the molecule is c1ccc([C@@H]2N[C@H](c3ccccc3)Cc3ccccc32)cc1. The van der Waals surface area contributed by atoms with Crippen molar-refractivity contribution >= 4 is 0 Å². The minimum absolute atomic E-state index is 0.261. The highest BCUT2D eigenvalue weighted by Crippen LogP contribution is 2.35. The van der Waals surface area contributed by atoms with Gasteiger partial charge in [0.15, 0.2) is 0 Å². The summed E-state index contributed by atoms with van der Waals surface area (Å²) in [5.74, 6) is 0. The van der Waals surface area contributed by atoms with Crippen molar-refractivity contribution in [1.82, 2.24) is 5.32 Å². The maximum absolute atomic E-state index is 3.84. The van der Waals surface area contributed by atoms with E-state index in [9.17, 15) is 0 Å². The number of benzene rings is 3. The fourth-order valence-corrected chi connectivity index (χ4v) is 3.39. The minimum Gasteiger partial charge on any atom is -0.299 e. The maximum atomic E-state index is 3.84. The van der Waals surface area contributed by atoms with Gasteiger partial charge in [-0.3, -0.25) is 5.32 Å². The molecule has 2 atom stereocenters. The van der Waals surface area contributed by atoms with Crippen molar-refractivity contribution in [3.63, 3.8) is 0 Å². The number of hydrogen-bond acceptors (Lipinski definition) is 1. The van der Waals surface area contributed by atoms with Gasteiger partial charge in [0.05, 0.1) is 6.04 Å². The smallest absolute Gasteiger partial charge is 0.0584 e. The molecule has 0 saturated heterocycles. The highest BCUT2D eigenvalue weighted by atomic mass is 15.0. The quantitative estimate of drug-likeness (QED) is 0.722. The van der Waals surface area contributed by atoms with Crippen LogP contribution in [-0.4, -0.2) is 0 Å². The minimum atomic E-state index is 0.261. The molecule has 22 heavy (non-hydrogen) atoms. The molecule has 0 unspecified atom stereocenters. The zero-order valence-corrected chi connectivity index (χ0v) is 12.4. The third-order valence-electron chi connectivity index (χ3n) is 4.49. The van der Waals surface area contributed by atoms with Gasteiger partial charge in [-0.05, 0) is 28.7 Å². The van der Waals surface area contributed by atoms with E-state index in [0.717, 1.165) is 6.42 Å². The Balaban J connectivity index is 1.77. The fourth-order valence-electron chi connectivity index (χ4n) is 3.39. The lowest BCUT2D eigenvalue weighted by atomic mass is 9.84. The van der Waals surface area contributed by atoms with Gasteiger partial charge in [0.1, 0.15) is 0 Å². The van der Waals surface area contributed by atoms with E-state index >= 15 is 0 Å². The van der Waals surface area contributed by atoms with Crippen LogP contribution in [0.15, 0.2) is 84.9 Å². The second kappa shape index (κ2) is 5.78. The van der Waals surface area contributed by atoms with Gasteiger partial charge in [-0.25, -0.2) is 0 Å². The van der Waals surface area contributed by atoms with E-state index < -0.39 is 0 Å². The molecule has 0 aromatic heterocycles. The highest BCUT2D eigenvalue weighted by Gasteiger charge is 2.27. The van der Waals surface area contributed by atoms with E-state index in [2.05, 4.69) is 90.2 Å². The van der Waals surface area contributed by atoms with Gasteiger partial charge in [0.25, 0.3) is 0 Å². The van der Waals surface area contributed by atoms with Crippen molar-refractivity contribution < 1.29 is 0 Å². The van der Waals surface area contributed by atoms with Crippen LogP contribution in [-0.2, 0) is 6.42 Å². The molecule has 1 nitrogen and oxygen atoms in total. The third kappa shape index (κ3) is 2.44. The van der Waals surface area contributed by atoms with Crippen LogP contribution in [0.3, 0.4) is 0 Å². The lowest BCUT2D eigenvalue weighted by Gasteiger charge is -2.34. The molecule has 0 amide bonds. The molecule has 0 spiro atoms. The first-order valence-corrected chi connectivity index (χ1v) is 7.85. The van der Waals surface area contributed by atoms with Crippen molar-refractivity contribution in [3.05, 3.63) is 107 Å². The van der Waals surface area contributed by atoms with Crippen LogP contribution < -0.4 is 5.32 Å². The van der Waals surface area contributed by atoms with E-state index in [1.165, 1.54) is 22.3 Å². The summed E-state index contributed by atoms with van der Waals surface area (Å²) in [7, 11) is 0. The van der Waals surface area contributed by atoms with Crippen LogP contribution in [0.1, 0.15) is 34.3 Å². The molecule has 0 bridgehead atoms. The van der Waals surface area contributed by atoms with Crippen LogP contribution >= 0.6 is 0 Å². The van der Waals surface area contributed by atoms with Gasteiger partial charge in [-0.2, -0.15) is 0 Å². The number of rotatable bonds is 2. The predicted molar refractivity (Wildman–Crippen MR) is 90.7 cm³/mol. The first-order valence-electron chi connectivity index (χ1n) is 7.85. The highest BCUT2D eigenvalue weighted by molar-refractivity contribution is 5.41. The molecule has 1 aliphatic heterocycles. The van der Waals surface area contributed by atoms with Crippen molar-refractivity contribution in [1.29, 1.82) is 0 Å². The second-order valence-corrected chi connectivity index (χ2v) is 5.88. The molecule has 3 aromatic carbocycles. The molecule has 0 saturated carbocycles. The summed E-state index contributed by atoms with van der Waals surface area (Å²) >= 11 is 0. The largest absolute Gasteiger partial charge is 0.299 e. The summed E-state index contributed by atoms with van der Waals surface area (Å²) in [6, 6.07) is 30.9. The van der Waals surface area contributed by atoms with E-state index in [1.54, 1.807) is 0 Å². The van der Waals surface area contributed by atoms with Crippen LogP contribution in [0.25, 0.3) is 0 Å². The van der Waals surface area contributed by atoms with Gasteiger partial charge in [0, 0.05) is 6.04 Å². The molecule has 4 rings (SSSR count). The number of nitrogens with one attached hydrogen (secondary N) is 1. The van der Waals surface area contributed by atoms with E-state index in [1.807, 2.05) is 0 Å². The molecule has 1 heteroatoms. The molecular weight excluding hydrogens is 266 g/mol. The topological polar surface area (TPSA) is 12.0 Å². The Bertz CT molecular complexity index is 749. The molecule has 0 radical (unpaired) electrons. The van der Waals surface area contributed by atoms with Crippen LogP contribution in [0.4, 0.5) is 0 Å². The Kier molecular flexibility index (Phi) is 3.49. The Labute approximate surface area is 131 Å². The zero-order chi connectivity index (χ0) is 14.8. The average molecular weight is 285 g/mol. The van der Waals surface area contributed by atoms with Crippen LogP contribution in [0.2, 0.25) is 0 Å². The molecule has 0 aliphatic carbocycles. The predicted octanol–water partition coefficient (Wildman–Crippen LogP) is 4.66. The maximum Gasteiger partial charge on any atom is 0.0584 e. The second-order valence-electron chi connectivity index (χ2n) is 5.88. The average Bonchev–Trinajstić information content (AvgIpc) is 2.62. The lowest BCUT2D eigenvalue weighted by molar-refractivity contribution is 0.451. The Hall–Kier alpha value is -2.38. The molecule has 0 fully saturated rings. The van der Waals surface area contributed by atoms with E-state index in [4.69, 9.17) is 0 Å². The fraction of sp³-hybridized carbons (Fsp3) is 0.143. The van der Waals surface area contributed by atoms with Crippen molar-refractivity contribution in [2.75, 3.05) is 0 Å². The molecule has 1 N–H and O–H groups in total. The van der Waals surface area contributed by atoms with Crippen molar-refractivity contribution in [3.8, 4) is 0 Å². The van der Waals surface area contributed by atoms with Gasteiger partial charge in [0.2, 0.25) is 0 Å². The summed E-state index contributed by atoms with van der Waals surface area (Å²) in [6.45, 7) is 0. The van der Waals surface area contributed by atoms with Crippen molar-refractivity contribution in [2.45, 2.75) is 18.5 Å². The molecule has 3 aromatic rings. The van der Waals surface area contributed by atoms with E-state index in [0.29, 0.717) is 6.04 Å². The monoisotopic (exact) mass is 285 g/mol. The van der Waals surface area contributed by atoms with Gasteiger partial charge in [-0.15, -0.1) is 0 Å². The summed E-state index contributed by atoms with van der Waals surface area (Å²) in [5.41, 5.74) is 5.54. The van der Waals surface area contributed by atoms with Crippen molar-refractivity contribution in [2.24, 2.45) is 0 Å². The summed E-state index contributed by atoms with van der Waals surface area (Å²) in [4.78, 5) is 0. The van der Waals surface area contributed by atoms with Gasteiger partial charge < -0.3 is 0 Å². The molecule has 1 heterocycles.